The second-order valence-corrected chi connectivity index (χ2v) is 6.82. The molecule has 0 radical (unpaired) electrons. The van der Waals surface area contributed by atoms with Gasteiger partial charge in [0.1, 0.15) is 12.4 Å². The highest BCUT2D eigenvalue weighted by molar-refractivity contribution is 6.33. The standard InChI is InChI=1S/C22H17FN2O3/c23-19-11-16(28-13-15-7-5-14(12-24)6-8-15)9-10-20(19)25-21(26)17-3-1-2-4-18(17)22(25)27/h5-11H,1-4,13H2. The molecule has 28 heavy (non-hydrogen) atoms. The van der Waals surface area contributed by atoms with E-state index in [4.69, 9.17) is 10.00 Å². The minimum atomic E-state index is -0.682. The zero-order chi connectivity index (χ0) is 19.7. The molecular formula is C22H17FN2O3. The van der Waals surface area contributed by atoms with Crippen LogP contribution < -0.4 is 9.64 Å². The van der Waals surface area contributed by atoms with Gasteiger partial charge in [0, 0.05) is 17.2 Å². The van der Waals surface area contributed by atoms with Crippen molar-refractivity contribution in [1.82, 2.24) is 0 Å². The number of anilines is 1. The Balaban J connectivity index is 1.50. The number of imide groups is 1. The molecule has 2 aromatic rings. The van der Waals surface area contributed by atoms with E-state index in [1.165, 1.54) is 12.1 Å². The van der Waals surface area contributed by atoms with E-state index in [1.54, 1.807) is 30.3 Å². The molecule has 4 rings (SSSR count). The Morgan fingerprint density at radius 1 is 1.00 bits per heavy atom. The van der Waals surface area contributed by atoms with E-state index in [9.17, 15) is 14.0 Å². The fourth-order valence-electron chi connectivity index (χ4n) is 3.56. The summed E-state index contributed by atoms with van der Waals surface area (Å²) < 4.78 is 20.3. The Morgan fingerprint density at radius 2 is 1.64 bits per heavy atom. The van der Waals surface area contributed by atoms with Crippen LogP contribution in [0.4, 0.5) is 10.1 Å². The third-order valence-corrected chi connectivity index (χ3v) is 5.04. The number of nitriles is 1. The first-order chi connectivity index (χ1) is 13.6. The van der Waals surface area contributed by atoms with Crippen molar-refractivity contribution in [3.8, 4) is 11.8 Å². The molecule has 0 spiro atoms. The molecule has 1 aliphatic carbocycles. The molecule has 0 aromatic heterocycles. The molecule has 1 aliphatic heterocycles. The van der Waals surface area contributed by atoms with E-state index >= 15 is 0 Å². The van der Waals surface area contributed by atoms with Crippen LogP contribution in [0.15, 0.2) is 53.6 Å². The molecule has 140 valence electrons. The summed E-state index contributed by atoms with van der Waals surface area (Å²) in [7, 11) is 0. The SMILES string of the molecule is N#Cc1ccc(COc2ccc(N3C(=O)C4=C(CCCC4)C3=O)c(F)c2)cc1. The van der Waals surface area contributed by atoms with Gasteiger partial charge < -0.3 is 4.74 Å². The lowest BCUT2D eigenvalue weighted by molar-refractivity contribution is -0.120. The Morgan fingerprint density at radius 3 is 2.21 bits per heavy atom. The van der Waals surface area contributed by atoms with E-state index < -0.39 is 17.6 Å². The summed E-state index contributed by atoms with van der Waals surface area (Å²) in [5.74, 6) is -1.21. The van der Waals surface area contributed by atoms with Gasteiger partial charge >= 0.3 is 0 Å². The maximum Gasteiger partial charge on any atom is 0.261 e. The summed E-state index contributed by atoms with van der Waals surface area (Å²) in [4.78, 5) is 26.1. The van der Waals surface area contributed by atoms with Crippen molar-refractivity contribution >= 4 is 17.5 Å². The number of carbonyl (C=O) groups excluding carboxylic acids is 2. The maximum absolute atomic E-state index is 14.7. The summed E-state index contributed by atoms with van der Waals surface area (Å²) in [6, 6.07) is 13.1. The van der Waals surface area contributed by atoms with Gasteiger partial charge in [-0.15, -0.1) is 0 Å². The van der Waals surface area contributed by atoms with Crippen molar-refractivity contribution in [2.75, 3.05) is 4.90 Å². The van der Waals surface area contributed by atoms with Crippen LogP contribution in [0, 0.1) is 17.1 Å². The number of hydrogen-bond acceptors (Lipinski definition) is 4. The smallest absolute Gasteiger partial charge is 0.261 e. The maximum atomic E-state index is 14.7. The van der Waals surface area contributed by atoms with Gasteiger partial charge in [-0.25, -0.2) is 9.29 Å². The first-order valence-corrected chi connectivity index (χ1v) is 9.10. The molecule has 2 amide bonds. The van der Waals surface area contributed by atoms with E-state index in [-0.39, 0.29) is 12.3 Å². The lowest BCUT2D eigenvalue weighted by Gasteiger charge is -2.17. The summed E-state index contributed by atoms with van der Waals surface area (Å²) in [5, 5.41) is 8.81. The van der Waals surface area contributed by atoms with Crippen LogP contribution in [0.1, 0.15) is 36.8 Å². The van der Waals surface area contributed by atoms with Crippen LogP contribution in [0.5, 0.6) is 5.75 Å². The third-order valence-electron chi connectivity index (χ3n) is 5.04. The van der Waals surface area contributed by atoms with Crippen molar-refractivity contribution in [1.29, 1.82) is 5.26 Å². The van der Waals surface area contributed by atoms with Gasteiger partial charge in [-0.3, -0.25) is 9.59 Å². The van der Waals surface area contributed by atoms with Crippen molar-refractivity contribution in [2.45, 2.75) is 32.3 Å². The minimum Gasteiger partial charge on any atom is -0.489 e. The number of carbonyl (C=O) groups is 2. The predicted molar refractivity (Wildman–Crippen MR) is 99.9 cm³/mol. The molecular weight excluding hydrogens is 359 g/mol. The summed E-state index contributed by atoms with van der Waals surface area (Å²) in [6.45, 7) is 0.210. The van der Waals surface area contributed by atoms with Crippen LogP contribution in [-0.2, 0) is 16.2 Å². The molecule has 0 unspecified atom stereocenters. The molecule has 1 heterocycles. The van der Waals surface area contributed by atoms with Gasteiger partial charge in [0.2, 0.25) is 0 Å². The second-order valence-electron chi connectivity index (χ2n) is 6.82. The Labute approximate surface area is 161 Å². The van der Waals surface area contributed by atoms with Crippen LogP contribution in [0.2, 0.25) is 0 Å². The van der Waals surface area contributed by atoms with Gasteiger partial charge in [0.15, 0.2) is 5.82 Å². The van der Waals surface area contributed by atoms with Crippen molar-refractivity contribution in [3.63, 3.8) is 0 Å². The van der Waals surface area contributed by atoms with E-state index in [1.807, 2.05) is 6.07 Å². The van der Waals surface area contributed by atoms with Crippen molar-refractivity contribution in [2.24, 2.45) is 0 Å². The molecule has 0 N–H and O–H groups in total. The average molecular weight is 376 g/mol. The van der Waals surface area contributed by atoms with Gasteiger partial charge in [-0.2, -0.15) is 5.26 Å². The third kappa shape index (κ3) is 3.16. The number of amides is 2. The second kappa shape index (κ2) is 7.28. The first kappa shape index (κ1) is 17.9. The van der Waals surface area contributed by atoms with Crippen LogP contribution in [-0.4, -0.2) is 11.8 Å². The van der Waals surface area contributed by atoms with E-state index in [2.05, 4.69) is 0 Å². The largest absolute Gasteiger partial charge is 0.489 e. The Hall–Kier alpha value is -3.46. The number of benzene rings is 2. The lowest BCUT2D eigenvalue weighted by Crippen LogP contribution is -2.32. The van der Waals surface area contributed by atoms with E-state index in [0.29, 0.717) is 35.3 Å². The number of rotatable bonds is 4. The number of hydrogen-bond donors (Lipinski definition) is 0. The fourth-order valence-corrected chi connectivity index (χ4v) is 3.56. The number of nitrogens with zero attached hydrogens (tertiary/aromatic N) is 2. The minimum absolute atomic E-state index is 0.0462. The highest BCUT2D eigenvalue weighted by Gasteiger charge is 2.40. The molecule has 0 saturated heterocycles. The van der Waals surface area contributed by atoms with Crippen molar-refractivity contribution in [3.05, 3.63) is 70.6 Å². The van der Waals surface area contributed by atoms with Gasteiger partial charge in [0.05, 0.1) is 17.3 Å². The fraction of sp³-hybridized carbons (Fsp3) is 0.227. The molecule has 0 bridgehead atoms. The van der Waals surface area contributed by atoms with Gasteiger partial charge in [0.25, 0.3) is 11.8 Å². The quantitative estimate of drug-likeness (QED) is 0.756. The highest BCUT2D eigenvalue weighted by Crippen LogP contribution is 2.37. The van der Waals surface area contributed by atoms with Gasteiger partial charge in [-0.1, -0.05) is 12.1 Å². The Bertz CT molecular complexity index is 1010. The molecule has 2 aliphatic rings. The molecule has 0 fully saturated rings. The summed E-state index contributed by atoms with van der Waals surface area (Å²) >= 11 is 0. The number of halogens is 1. The highest BCUT2D eigenvalue weighted by atomic mass is 19.1. The molecule has 0 saturated carbocycles. The lowest BCUT2D eigenvalue weighted by atomic mass is 9.93. The van der Waals surface area contributed by atoms with Crippen LogP contribution >= 0.6 is 0 Å². The topological polar surface area (TPSA) is 70.4 Å². The van der Waals surface area contributed by atoms with Crippen molar-refractivity contribution < 1.29 is 18.7 Å². The Kier molecular flexibility index (Phi) is 4.66. The summed E-state index contributed by atoms with van der Waals surface area (Å²) in [5.41, 5.74) is 2.39. The van der Waals surface area contributed by atoms with Crippen LogP contribution in [0.25, 0.3) is 0 Å². The molecule has 5 nitrogen and oxygen atoms in total. The average Bonchev–Trinajstić information content (AvgIpc) is 2.98. The first-order valence-electron chi connectivity index (χ1n) is 9.10. The summed E-state index contributed by atoms with van der Waals surface area (Å²) in [6.07, 6.45) is 2.89. The van der Waals surface area contributed by atoms with E-state index in [0.717, 1.165) is 23.3 Å². The van der Waals surface area contributed by atoms with Crippen LogP contribution in [0.3, 0.4) is 0 Å². The molecule has 2 aromatic carbocycles. The zero-order valence-corrected chi connectivity index (χ0v) is 15.1. The zero-order valence-electron chi connectivity index (χ0n) is 15.1. The van der Waals surface area contributed by atoms with Gasteiger partial charge in [-0.05, 0) is 55.5 Å². The normalized spacial score (nSPS) is 16.2. The molecule has 6 heteroatoms. The predicted octanol–water partition coefficient (Wildman–Crippen LogP) is 4.02. The monoisotopic (exact) mass is 376 g/mol. The number of ether oxygens (including phenoxy) is 1. The molecule has 0 atom stereocenters.